The standard InChI is InChI=1S/C12H11F3N2O2/c1-2-8(7-16)11(18)17-9-3-5-10(6-4-9)19-12(13,14)15/h3-6,8H,2H2,1H3,(H,17,18). The van der Waals surface area contributed by atoms with Crippen molar-refractivity contribution in [2.24, 2.45) is 5.92 Å². The Balaban J connectivity index is 2.68. The molecule has 1 aromatic carbocycles. The number of rotatable bonds is 4. The van der Waals surface area contributed by atoms with E-state index in [9.17, 15) is 18.0 Å². The second-order valence-electron chi connectivity index (χ2n) is 3.65. The number of nitriles is 1. The number of halogens is 3. The number of benzene rings is 1. The molecule has 0 aromatic heterocycles. The van der Waals surface area contributed by atoms with Gasteiger partial charge in [-0.1, -0.05) is 6.92 Å². The Kier molecular flexibility index (Phi) is 4.75. The summed E-state index contributed by atoms with van der Waals surface area (Å²) in [5, 5.41) is 11.1. The summed E-state index contributed by atoms with van der Waals surface area (Å²) in [5.74, 6) is -1.65. The van der Waals surface area contributed by atoms with E-state index in [1.807, 2.05) is 6.07 Å². The third-order valence-electron chi connectivity index (χ3n) is 2.24. The van der Waals surface area contributed by atoms with Crippen LogP contribution in [-0.4, -0.2) is 12.3 Å². The van der Waals surface area contributed by atoms with E-state index in [0.29, 0.717) is 12.1 Å². The summed E-state index contributed by atoms with van der Waals surface area (Å²) in [6.45, 7) is 1.69. The first-order valence-electron chi connectivity index (χ1n) is 5.42. The first-order chi connectivity index (χ1) is 8.85. The summed E-state index contributed by atoms with van der Waals surface area (Å²) in [6.07, 6.45) is -4.39. The van der Waals surface area contributed by atoms with Gasteiger partial charge in [-0.15, -0.1) is 13.2 Å². The Hall–Kier alpha value is -2.23. The van der Waals surface area contributed by atoms with Crippen LogP contribution < -0.4 is 10.1 Å². The monoisotopic (exact) mass is 272 g/mol. The van der Waals surface area contributed by atoms with Crippen molar-refractivity contribution < 1.29 is 22.7 Å². The van der Waals surface area contributed by atoms with Crippen LogP contribution in [0.5, 0.6) is 5.75 Å². The normalized spacial score (nSPS) is 12.4. The van der Waals surface area contributed by atoms with Crippen molar-refractivity contribution in [2.45, 2.75) is 19.7 Å². The largest absolute Gasteiger partial charge is 0.573 e. The molecule has 1 amide bonds. The lowest BCUT2D eigenvalue weighted by molar-refractivity contribution is -0.274. The molecule has 0 aliphatic heterocycles. The quantitative estimate of drug-likeness (QED) is 0.916. The number of nitrogens with zero attached hydrogens (tertiary/aromatic N) is 1. The molecule has 1 rings (SSSR count). The second-order valence-corrected chi connectivity index (χ2v) is 3.65. The molecule has 0 heterocycles. The van der Waals surface area contributed by atoms with Crippen molar-refractivity contribution in [3.63, 3.8) is 0 Å². The molecular formula is C12H11F3N2O2. The lowest BCUT2D eigenvalue weighted by atomic mass is 10.1. The summed E-state index contributed by atoms with van der Waals surface area (Å²) in [6, 6.07) is 6.52. The van der Waals surface area contributed by atoms with Gasteiger partial charge in [0.25, 0.3) is 0 Å². The highest BCUT2D eigenvalue weighted by Gasteiger charge is 2.31. The van der Waals surface area contributed by atoms with Crippen LogP contribution in [0.2, 0.25) is 0 Å². The summed E-state index contributed by atoms with van der Waals surface area (Å²) < 4.78 is 39.5. The number of amides is 1. The first-order valence-corrected chi connectivity index (χ1v) is 5.42. The van der Waals surface area contributed by atoms with Crippen LogP contribution in [0.4, 0.5) is 18.9 Å². The number of alkyl halides is 3. The first kappa shape index (κ1) is 14.8. The van der Waals surface area contributed by atoms with E-state index in [1.165, 1.54) is 12.1 Å². The van der Waals surface area contributed by atoms with Gasteiger partial charge in [0.15, 0.2) is 0 Å². The van der Waals surface area contributed by atoms with Gasteiger partial charge in [-0.05, 0) is 30.7 Å². The molecule has 0 saturated heterocycles. The molecule has 1 atom stereocenters. The molecule has 0 spiro atoms. The topological polar surface area (TPSA) is 62.1 Å². The average molecular weight is 272 g/mol. The van der Waals surface area contributed by atoms with Gasteiger partial charge >= 0.3 is 6.36 Å². The minimum Gasteiger partial charge on any atom is -0.406 e. The van der Waals surface area contributed by atoms with Crippen molar-refractivity contribution in [1.29, 1.82) is 5.26 Å². The van der Waals surface area contributed by atoms with Gasteiger partial charge in [0.1, 0.15) is 11.7 Å². The zero-order valence-corrected chi connectivity index (χ0v) is 9.99. The predicted octanol–water partition coefficient (Wildman–Crippen LogP) is 3.07. The maximum atomic E-state index is 11.9. The van der Waals surface area contributed by atoms with Crippen LogP contribution in [0, 0.1) is 17.2 Å². The Morgan fingerprint density at radius 1 is 1.42 bits per heavy atom. The second kappa shape index (κ2) is 6.09. The molecule has 0 aliphatic carbocycles. The molecule has 0 bridgehead atoms. The van der Waals surface area contributed by atoms with Crippen LogP contribution in [0.25, 0.3) is 0 Å². The Labute approximate surface area is 107 Å². The number of hydrogen-bond acceptors (Lipinski definition) is 3. The fourth-order valence-electron chi connectivity index (χ4n) is 1.30. The number of ether oxygens (including phenoxy) is 1. The van der Waals surface area contributed by atoms with Gasteiger partial charge in [-0.25, -0.2) is 0 Å². The lowest BCUT2D eigenvalue weighted by Gasteiger charge is -2.11. The van der Waals surface area contributed by atoms with Gasteiger partial charge in [0.2, 0.25) is 5.91 Å². The van der Waals surface area contributed by atoms with Crippen molar-refractivity contribution in [3.05, 3.63) is 24.3 Å². The predicted molar refractivity (Wildman–Crippen MR) is 61.1 cm³/mol. The van der Waals surface area contributed by atoms with Gasteiger partial charge in [-0.3, -0.25) is 4.79 Å². The summed E-state index contributed by atoms with van der Waals surface area (Å²) in [7, 11) is 0. The average Bonchev–Trinajstić information content (AvgIpc) is 2.31. The van der Waals surface area contributed by atoms with E-state index >= 15 is 0 Å². The van der Waals surface area contributed by atoms with Crippen LogP contribution in [0.1, 0.15) is 13.3 Å². The molecule has 0 fully saturated rings. The van der Waals surface area contributed by atoms with E-state index in [0.717, 1.165) is 12.1 Å². The van der Waals surface area contributed by atoms with E-state index in [4.69, 9.17) is 5.26 Å². The fourth-order valence-corrected chi connectivity index (χ4v) is 1.30. The zero-order valence-electron chi connectivity index (χ0n) is 9.99. The number of nitrogens with one attached hydrogen (secondary N) is 1. The molecule has 0 radical (unpaired) electrons. The Morgan fingerprint density at radius 2 is 2.00 bits per heavy atom. The highest BCUT2D eigenvalue weighted by molar-refractivity contribution is 5.94. The van der Waals surface area contributed by atoms with Gasteiger partial charge in [0.05, 0.1) is 6.07 Å². The lowest BCUT2D eigenvalue weighted by Crippen LogP contribution is -2.21. The van der Waals surface area contributed by atoms with E-state index < -0.39 is 18.2 Å². The SMILES string of the molecule is CCC(C#N)C(=O)Nc1ccc(OC(F)(F)F)cc1. The highest BCUT2D eigenvalue weighted by atomic mass is 19.4. The maximum absolute atomic E-state index is 11.9. The number of carbonyl (C=O) groups excluding carboxylic acids is 1. The highest BCUT2D eigenvalue weighted by Crippen LogP contribution is 2.24. The summed E-state index contributed by atoms with van der Waals surface area (Å²) >= 11 is 0. The Morgan fingerprint density at radius 3 is 2.42 bits per heavy atom. The third-order valence-corrected chi connectivity index (χ3v) is 2.24. The molecular weight excluding hydrogens is 261 g/mol. The van der Waals surface area contributed by atoms with E-state index in [2.05, 4.69) is 10.1 Å². The van der Waals surface area contributed by atoms with Crippen LogP contribution in [0.3, 0.4) is 0 Å². The number of hydrogen-bond donors (Lipinski definition) is 1. The van der Waals surface area contributed by atoms with Crippen molar-refractivity contribution >= 4 is 11.6 Å². The zero-order chi connectivity index (χ0) is 14.5. The molecule has 1 aromatic rings. The molecule has 19 heavy (non-hydrogen) atoms. The van der Waals surface area contributed by atoms with Gasteiger partial charge in [0, 0.05) is 5.69 Å². The van der Waals surface area contributed by atoms with Crippen LogP contribution >= 0.6 is 0 Å². The Bertz CT molecular complexity index is 477. The number of carbonyl (C=O) groups is 1. The smallest absolute Gasteiger partial charge is 0.406 e. The van der Waals surface area contributed by atoms with Crippen molar-refractivity contribution in [3.8, 4) is 11.8 Å². The number of anilines is 1. The molecule has 0 aliphatic rings. The fraction of sp³-hybridized carbons (Fsp3) is 0.333. The maximum Gasteiger partial charge on any atom is 0.573 e. The van der Waals surface area contributed by atoms with Crippen LogP contribution in [0.15, 0.2) is 24.3 Å². The van der Waals surface area contributed by atoms with Crippen molar-refractivity contribution in [2.75, 3.05) is 5.32 Å². The van der Waals surface area contributed by atoms with Gasteiger partial charge in [-0.2, -0.15) is 5.26 Å². The molecule has 1 N–H and O–H groups in total. The van der Waals surface area contributed by atoms with E-state index in [-0.39, 0.29) is 5.75 Å². The minimum absolute atomic E-state index is 0.299. The van der Waals surface area contributed by atoms with Crippen molar-refractivity contribution in [1.82, 2.24) is 0 Å². The van der Waals surface area contributed by atoms with E-state index in [1.54, 1.807) is 6.92 Å². The van der Waals surface area contributed by atoms with Crippen LogP contribution in [-0.2, 0) is 4.79 Å². The molecule has 7 heteroatoms. The minimum atomic E-state index is -4.75. The summed E-state index contributed by atoms with van der Waals surface area (Å²) in [5.41, 5.74) is 0.299. The third kappa shape index (κ3) is 4.87. The molecule has 1 unspecified atom stereocenters. The molecule has 102 valence electrons. The van der Waals surface area contributed by atoms with Gasteiger partial charge < -0.3 is 10.1 Å². The molecule has 0 saturated carbocycles. The molecule has 4 nitrogen and oxygen atoms in total. The summed E-state index contributed by atoms with van der Waals surface area (Å²) in [4.78, 5) is 11.5.